The Balaban J connectivity index is 3.52. The molecule has 0 amide bonds. The van der Waals surface area contributed by atoms with E-state index in [1.807, 2.05) is 0 Å². The minimum Gasteiger partial charge on any atom is -0.493 e. The fraction of sp³-hybridized carbons (Fsp3) is 0.333. The summed E-state index contributed by atoms with van der Waals surface area (Å²) in [6.45, 7) is 2.66. The first-order chi connectivity index (χ1) is 8.31. The second kappa shape index (κ2) is 5.20. The Hall–Kier alpha value is -1.85. The van der Waals surface area contributed by atoms with Crippen molar-refractivity contribution >= 4 is 12.1 Å². The topological polar surface area (TPSA) is 43.4 Å². The van der Waals surface area contributed by atoms with Crippen LogP contribution in [0.2, 0.25) is 0 Å². The van der Waals surface area contributed by atoms with Gasteiger partial charge in [0.15, 0.2) is 12.1 Å². The van der Waals surface area contributed by atoms with Crippen molar-refractivity contribution < 1.29 is 27.5 Å². The van der Waals surface area contributed by atoms with E-state index in [-0.39, 0.29) is 17.7 Å². The lowest BCUT2D eigenvalue weighted by atomic mass is 10.0. The van der Waals surface area contributed by atoms with Crippen LogP contribution >= 0.6 is 0 Å². The Morgan fingerprint density at radius 2 is 2.00 bits per heavy atom. The van der Waals surface area contributed by atoms with E-state index in [4.69, 9.17) is 4.74 Å². The van der Waals surface area contributed by atoms with Crippen LogP contribution in [0.3, 0.4) is 0 Å². The van der Waals surface area contributed by atoms with E-state index in [9.17, 15) is 22.8 Å². The van der Waals surface area contributed by atoms with Gasteiger partial charge in [0.05, 0.1) is 12.2 Å². The molecular weight excluding hydrogens is 249 g/mol. The number of benzene rings is 1. The van der Waals surface area contributed by atoms with Gasteiger partial charge in [0.2, 0.25) is 0 Å². The predicted octanol–water partition coefficient (Wildman–Crippen LogP) is 3.12. The molecule has 0 atom stereocenters. The number of carbonyl (C=O) groups excluding carboxylic acids is 2. The summed E-state index contributed by atoms with van der Waals surface area (Å²) in [5.74, 6) is -1.05. The maximum absolute atomic E-state index is 12.8. The highest BCUT2D eigenvalue weighted by molar-refractivity contribution is 6.02. The molecule has 0 saturated heterocycles. The number of carbonyl (C=O) groups is 2. The molecule has 1 rings (SSSR count). The van der Waals surface area contributed by atoms with Crippen LogP contribution in [0.15, 0.2) is 12.1 Å². The van der Waals surface area contributed by atoms with Crippen molar-refractivity contribution in [1.82, 2.24) is 0 Å². The van der Waals surface area contributed by atoms with Crippen molar-refractivity contribution in [1.29, 1.82) is 0 Å². The van der Waals surface area contributed by atoms with Crippen LogP contribution in [-0.2, 0) is 6.18 Å². The molecule has 0 unspecified atom stereocenters. The van der Waals surface area contributed by atoms with Crippen LogP contribution in [0, 0.1) is 0 Å². The average molecular weight is 260 g/mol. The average Bonchev–Trinajstić information content (AvgIpc) is 2.26. The lowest BCUT2D eigenvalue weighted by Crippen LogP contribution is -2.12. The molecule has 98 valence electrons. The first-order valence-corrected chi connectivity index (χ1v) is 5.15. The van der Waals surface area contributed by atoms with Gasteiger partial charge in [0.25, 0.3) is 0 Å². The van der Waals surface area contributed by atoms with Gasteiger partial charge < -0.3 is 4.74 Å². The second-order valence-corrected chi connectivity index (χ2v) is 3.54. The SMILES string of the molecule is CCOc1cc(C=O)c(C(C)=O)cc1C(F)(F)F. The maximum Gasteiger partial charge on any atom is 0.419 e. The number of halogens is 3. The molecule has 1 aromatic carbocycles. The molecule has 0 aliphatic carbocycles. The molecular formula is C12H11F3O3. The monoisotopic (exact) mass is 260 g/mol. The lowest BCUT2D eigenvalue weighted by Gasteiger charge is -2.15. The molecule has 0 saturated carbocycles. The third-order valence-corrected chi connectivity index (χ3v) is 2.26. The summed E-state index contributed by atoms with van der Waals surface area (Å²) < 4.78 is 43.2. The minimum atomic E-state index is -4.64. The fourth-order valence-electron chi connectivity index (χ4n) is 1.49. The Labute approximate surface area is 102 Å². The Morgan fingerprint density at radius 3 is 2.39 bits per heavy atom. The summed E-state index contributed by atoms with van der Waals surface area (Å²) in [5, 5.41) is 0. The molecule has 0 aromatic heterocycles. The highest BCUT2D eigenvalue weighted by Gasteiger charge is 2.35. The van der Waals surface area contributed by atoms with E-state index in [2.05, 4.69) is 0 Å². The first kappa shape index (κ1) is 14.2. The van der Waals surface area contributed by atoms with Crippen LogP contribution in [0.25, 0.3) is 0 Å². The van der Waals surface area contributed by atoms with Crippen molar-refractivity contribution in [2.75, 3.05) is 6.61 Å². The van der Waals surface area contributed by atoms with Gasteiger partial charge in [-0.3, -0.25) is 9.59 Å². The third-order valence-electron chi connectivity index (χ3n) is 2.26. The Morgan fingerprint density at radius 1 is 1.39 bits per heavy atom. The van der Waals surface area contributed by atoms with Crippen molar-refractivity contribution in [2.24, 2.45) is 0 Å². The number of hydrogen-bond donors (Lipinski definition) is 0. The van der Waals surface area contributed by atoms with Gasteiger partial charge in [0, 0.05) is 11.1 Å². The normalized spacial score (nSPS) is 11.2. The highest BCUT2D eigenvalue weighted by atomic mass is 19.4. The van der Waals surface area contributed by atoms with E-state index < -0.39 is 23.3 Å². The number of ketones is 1. The smallest absolute Gasteiger partial charge is 0.419 e. The fourth-order valence-corrected chi connectivity index (χ4v) is 1.49. The molecule has 0 heterocycles. The Kier molecular flexibility index (Phi) is 4.11. The molecule has 6 heteroatoms. The number of aldehydes is 1. The molecule has 0 radical (unpaired) electrons. The molecule has 0 spiro atoms. The van der Waals surface area contributed by atoms with E-state index in [1.165, 1.54) is 6.92 Å². The zero-order valence-electron chi connectivity index (χ0n) is 9.80. The summed E-state index contributed by atoms with van der Waals surface area (Å²) in [4.78, 5) is 22.0. The van der Waals surface area contributed by atoms with Crippen molar-refractivity contribution in [3.05, 3.63) is 28.8 Å². The number of hydrogen-bond acceptors (Lipinski definition) is 3. The number of alkyl halides is 3. The van der Waals surface area contributed by atoms with E-state index >= 15 is 0 Å². The quantitative estimate of drug-likeness (QED) is 0.617. The van der Waals surface area contributed by atoms with Crippen LogP contribution in [0.5, 0.6) is 5.75 Å². The van der Waals surface area contributed by atoms with Gasteiger partial charge in [-0.15, -0.1) is 0 Å². The van der Waals surface area contributed by atoms with Gasteiger partial charge in [-0.05, 0) is 26.0 Å². The van der Waals surface area contributed by atoms with Gasteiger partial charge in [-0.2, -0.15) is 13.2 Å². The number of rotatable bonds is 4. The van der Waals surface area contributed by atoms with Crippen molar-refractivity contribution in [2.45, 2.75) is 20.0 Å². The van der Waals surface area contributed by atoms with Gasteiger partial charge in [0.1, 0.15) is 5.75 Å². The molecule has 0 N–H and O–H groups in total. The second-order valence-electron chi connectivity index (χ2n) is 3.54. The zero-order valence-corrected chi connectivity index (χ0v) is 9.80. The number of ether oxygens (including phenoxy) is 1. The van der Waals surface area contributed by atoms with Gasteiger partial charge in [-0.1, -0.05) is 0 Å². The van der Waals surface area contributed by atoms with Crippen LogP contribution in [0.4, 0.5) is 13.2 Å². The summed E-state index contributed by atoms with van der Waals surface area (Å²) in [7, 11) is 0. The summed E-state index contributed by atoms with van der Waals surface area (Å²) in [6, 6.07) is 1.59. The highest BCUT2D eigenvalue weighted by Crippen LogP contribution is 2.37. The van der Waals surface area contributed by atoms with Crippen molar-refractivity contribution in [3.8, 4) is 5.75 Å². The van der Waals surface area contributed by atoms with E-state index in [0.717, 1.165) is 13.0 Å². The summed E-state index contributed by atoms with van der Waals surface area (Å²) in [5.41, 5.74) is -1.43. The molecule has 0 aliphatic rings. The third kappa shape index (κ3) is 2.88. The van der Waals surface area contributed by atoms with E-state index in [0.29, 0.717) is 12.4 Å². The van der Waals surface area contributed by atoms with Crippen molar-refractivity contribution in [3.63, 3.8) is 0 Å². The predicted molar refractivity (Wildman–Crippen MR) is 58.0 cm³/mol. The molecule has 0 fully saturated rings. The standard InChI is InChI=1S/C12H11F3O3/c1-3-18-11-4-8(6-16)9(7(2)17)5-10(11)12(13,14)15/h4-6H,3H2,1-2H3. The summed E-state index contributed by atoms with van der Waals surface area (Å²) >= 11 is 0. The van der Waals surface area contributed by atoms with Crippen LogP contribution < -0.4 is 4.74 Å². The lowest BCUT2D eigenvalue weighted by molar-refractivity contribution is -0.138. The Bertz CT molecular complexity index is 478. The largest absolute Gasteiger partial charge is 0.493 e. The van der Waals surface area contributed by atoms with Crippen LogP contribution in [0.1, 0.15) is 40.1 Å². The molecule has 1 aromatic rings. The first-order valence-electron chi connectivity index (χ1n) is 5.15. The van der Waals surface area contributed by atoms with Gasteiger partial charge in [-0.25, -0.2) is 0 Å². The zero-order chi connectivity index (χ0) is 13.9. The molecule has 3 nitrogen and oxygen atoms in total. The van der Waals surface area contributed by atoms with E-state index in [1.54, 1.807) is 0 Å². The molecule has 18 heavy (non-hydrogen) atoms. The van der Waals surface area contributed by atoms with Crippen LogP contribution in [-0.4, -0.2) is 18.7 Å². The number of Topliss-reactive ketones (excluding diaryl/α,β-unsaturated/α-hetero) is 1. The molecule has 0 aliphatic heterocycles. The summed E-state index contributed by atoms with van der Waals surface area (Å²) in [6.07, 6.45) is -4.31. The minimum absolute atomic E-state index is 0.0286. The molecule has 0 bridgehead atoms. The maximum atomic E-state index is 12.8. The van der Waals surface area contributed by atoms with Gasteiger partial charge >= 0.3 is 6.18 Å².